The highest BCUT2D eigenvalue weighted by molar-refractivity contribution is 7.08. The normalized spacial score (nSPS) is 10.8. The molecule has 3 rings (SSSR count). The standard InChI is InChI=1S/C18H19N3O3S/c1-23-11-14-5-3-2-4-13(14)10-19-16(22)6-7-17-20-18(21-24-17)15-8-9-25-12-15/h2-5,8-9,12H,6-7,10-11H2,1H3,(H,19,22). The van der Waals surface area contributed by atoms with E-state index in [2.05, 4.69) is 15.5 Å². The Labute approximate surface area is 149 Å². The first-order chi connectivity index (χ1) is 12.3. The number of carbonyl (C=O) groups excluding carboxylic acids is 1. The molecule has 0 saturated heterocycles. The molecule has 2 heterocycles. The fourth-order valence-electron chi connectivity index (χ4n) is 2.39. The quantitative estimate of drug-likeness (QED) is 0.670. The van der Waals surface area contributed by atoms with E-state index in [1.807, 2.05) is 41.1 Å². The monoisotopic (exact) mass is 357 g/mol. The van der Waals surface area contributed by atoms with E-state index in [1.54, 1.807) is 18.4 Å². The largest absolute Gasteiger partial charge is 0.380 e. The summed E-state index contributed by atoms with van der Waals surface area (Å²) in [5.74, 6) is 0.976. The van der Waals surface area contributed by atoms with Crippen LogP contribution in [0.25, 0.3) is 11.4 Å². The van der Waals surface area contributed by atoms with E-state index in [4.69, 9.17) is 9.26 Å². The van der Waals surface area contributed by atoms with Crippen LogP contribution < -0.4 is 5.32 Å². The van der Waals surface area contributed by atoms with Crippen LogP contribution in [-0.4, -0.2) is 23.2 Å². The van der Waals surface area contributed by atoms with Gasteiger partial charge in [0.15, 0.2) is 0 Å². The second kappa shape index (κ2) is 8.55. The van der Waals surface area contributed by atoms with Crippen LogP contribution in [-0.2, 0) is 29.1 Å². The summed E-state index contributed by atoms with van der Waals surface area (Å²) in [5.41, 5.74) is 3.05. The third kappa shape index (κ3) is 4.74. The van der Waals surface area contributed by atoms with Crippen molar-refractivity contribution in [2.24, 2.45) is 0 Å². The molecule has 2 aromatic heterocycles. The van der Waals surface area contributed by atoms with Gasteiger partial charge in [0.1, 0.15) is 0 Å². The fraction of sp³-hybridized carbons (Fsp3) is 0.278. The summed E-state index contributed by atoms with van der Waals surface area (Å²) in [7, 11) is 1.66. The van der Waals surface area contributed by atoms with Crippen molar-refractivity contribution >= 4 is 17.2 Å². The summed E-state index contributed by atoms with van der Waals surface area (Å²) < 4.78 is 10.4. The minimum absolute atomic E-state index is 0.0532. The molecule has 0 spiro atoms. The fourth-order valence-corrected chi connectivity index (χ4v) is 3.03. The third-order valence-corrected chi connectivity index (χ3v) is 4.39. The number of aromatic nitrogens is 2. The number of ether oxygens (including phenoxy) is 1. The smallest absolute Gasteiger partial charge is 0.227 e. The van der Waals surface area contributed by atoms with Gasteiger partial charge < -0.3 is 14.6 Å². The molecule has 1 amide bonds. The number of benzene rings is 1. The number of rotatable bonds is 8. The van der Waals surface area contributed by atoms with E-state index in [1.165, 1.54) is 0 Å². The molecule has 0 atom stereocenters. The minimum Gasteiger partial charge on any atom is -0.380 e. The molecule has 0 unspecified atom stereocenters. The molecular formula is C18H19N3O3S. The minimum atomic E-state index is -0.0532. The molecule has 0 aliphatic heterocycles. The number of aryl methyl sites for hydroxylation is 1. The zero-order valence-electron chi connectivity index (χ0n) is 13.9. The lowest BCUT2D eigenvalue weighted by molar-refractivity contribution is -0.121. The summed E-state index contributed by atoms with van der Waals surface area (Å²) in [6.45, 7) is 1.00. The van der Waals surface area contributed by atoms with Crippen LogP contribution in [0.4, 0.5) is 0 Å². The van der Waals surface area contributed by atoms with Gasteiger partial charge in [-0.25, -0.2) is 0 Å². The van der Waals surface area contributed by atoms with Gasteiger partial charge in [-0.05, 0) is 22.6 Å². The van der Waals surface area contributed by atoms with Crippen LogP contribution in [0.3, 0.4) is 0 Å². The van der Waals surface area contributed by atoms with Crippen molar-refractivity contribution in [3.8, 4) is 11.4 Å². The Morgan fingerprint density at radius 2 is 2.12 bits per heavy atom. The van der Waals surface area contributed by atoms with Crippen molar-refractivity contribution in [3.05, 3.63) is 58.1 Å². The maximum absolute atomic E-state index is 12.1. The molecular weight excluding hydrogens is 338 g/mol. The number of thiophene rings is 1. The molecule has 0 radical (unpaired) electrons. The van der Waals surface area contributed by atoms with E-state index in [-0.39, 0.29) is 5.91 Å². The number of hydrogen-bond acceptors (Lipinski definition) is 6. The number of hydrogen-bond donors (Lipinski definition) is 1. The molecule has 25 heavy (non-hydrogen) atoms. The van der Waals surface area contributed by atoms with E-state index in [0.717, 1.165) is 16.7 Å². The number of carbonyl (C=O) groups is 1. The summed E-state index contributed by atoms with van der Waals surface area (Å²) in [6, 6.07) is 9.82. The first-order valence-corrected chi connectivity index (χ1v) is 8.88. The number of nitrogens with one attached hydrogen (secondary N) is 1. The number of amides is 1. The Morgan fingerprint density at radius 1 is 1.28 bits per heavy atom. The number of nitrogens with zero attached hydrogens (tertiary/aromatic N) is 2. The van der Waals surface area contributed by atoms with Crippen molar-refractivity contribution in [1.82, 2.24) is 15.5 Å². The molecule has 1 N–H and O–H groups in total. The van der Waals surface area contributed by atoms with E-state index in [0.29, 0.717) is 37.7 Å². The molecule has 3 aromatic rings. The van der Waals surface area contributed by atoms with E-state index >= 15 is 0 Å². The summed E-state index contributed by atoms with van der Waals surface area (Å²) >= 11 is 1.58. The first-order valence-electron chi connectivity index (χ1n) is 7.94. The highest BCUT2D eigenvalue weighted by Gasteiger charge is 2.11. The zero-order chi connectivity index (χ0) is 17.5. The van der Waals surface area contributed by atoms with Gasteiger partial charge in [0.2, 0.25) is 17.6 Å². The molecule has 7 heteroatoms. The average molecular weight is 357 g/mol. The van der Waals surface area contributed by atoms with Crippen LogP contribution in [0.1, 0.15) is 23.4 Å². The predicted molar refractivity (Wildman–Crippen MR) is 94.9 cm³/mol. The zero-order valence-corrected chi connectivity index (χ0v) is 14.7. The Kier molecular flexibility index (Phi) is 5.92. The lowest BCUT2D eigenvalue weighted by atomic mass is 10.1. The average Bonchev–Trinajstić information content (AvgIpc) is 3.31. The van der Waals surface area contributed by atoms with Crippen LogP contribution in [0, 0.1) is 0 Å². The second-order valence-electron chi connectivity index (χ2n) is 5.50. The van der Waals surface area contributed by atoms with Gasteiger partial charge in [0.05, 0.1) is 6.61 Å². The van der Waals surface area contributed by atoms with Gasteiger partial charge in [-0.1, -0.05) is 29.4 Å². The van der Waals surface area contributed by atoms with Crippen LogP contribution in [0.5, 0.6) is 0 Å². The predicted octanol–water partition coefficient (Wildman–Crippen LogP) is 3.19. The lowest BCUT2D eigenvalue weighted by Gasteiger charge is -2.09. The number of methoxy groups -OCH3 is 1. The molecule has 6 nitrogen and oxygen atoms in total. The van der Waals surface area contributed by atoms with Crippen LogP contribution in [0.15, 0.2) is 45.6 Å². The van der Waals surface area contributed by atoms with E-state index < -0.39 is 0 Å². The van der Waals surface area contributed by atoms with Crippen molar-refractivity contribution in [3.63, 3.8) is 0 Å². The highest BCUT2D eigenvalue weighted by atomic mass is 32.1. The maximum Gasteiger partial charge on any atom is 0.227 e. The molecule has 0 aliphatic carbocycles. The van der Waals surface area contributed by atoms with Crippen molar-refractivity contribution in [2.45, 2.75) is 26.0 Å². The Balaban J connectivity index is 1.49. The topological polar surface area (TPSA) is 77.2 Å². The molecule has 0 saturated carbocycles. The summed E-state index contributed by atoms with van der Waals surface area (Å²) in [6.07, 6.45) is 0.723. The molecule has 130 valence electrons. The molecule has 0 fully saturated rings. The maximum atomic E-state index is 12.1. The molecule has 0 bridgehead atoms. The van der Waals surface area contributed by atoms with Gasteiger partial charge >= 0.3 is 0 Å². The Morgan fingerprint density at radius 3 is 2.88 bits per heavy atom. The van der Waals surface area contributed by atoms with Gasteiger partial charge in [-0.15, -0.1) is 0 Å². The van der Waals surface area contributed by atoms with Gasteiger partial charge in [0, 0.05) is 37.4 Å². The summed E-state index contributed by atoms with van der Waals surface area (Å²) in [5, 5.41) is 10.8. The molecule has 0 aliphatic rings. The van der Waals surface area contributed by atoms with Gasteiger partial charge in [0.25, 0.3) is 0 Å². The van der Waals surface area contributed by atoms with Gasteiger partial charge in [-0.2, -0.15) is 16.3 Å². The molecule has 1 aromatic carbocycles. The van der Waals surface area contributed by atoms with Crippen LogP contribution in [0.2, 0.25) is 0 Å². The van der Waals surface area contributed by atoms with E-state index in [9.17, 15) is 4.79 Å². The van der Waals surface area contributed by atoms with Crippen LogP contribution >= 0.6 is 11.3 Å². The first kappa shape index (κ1) is 17.3. The third-order valence-electron chi connectivity index (χ3n) is 3.71. The van der Waals surface area contributed by atoms with Gasteiger partial charge in [-0.3, -0.25) is 4.79 Å². The summed E-state index contributed by atoms with van der Waals surface area (Å²) in [4.78, 5) is 16.4. The van der Waals surface area contributed by atoms with Crippen molar-refractivity contribution < 1.29 is 14.1 Å². The van der Waals surface area contributed by atoms with Crippen molar-refractivity contribution in [1.29, 1.82) is 0 Å². The Bertz CT molecular complexity index is 815. The Hall–Kier alpha value is -2.51. The SMILES string of the molecule is COCc1ccccc1CNC(=O)CCc1nc(-c2ccsc2)no1. The second-order valence-corrected chi connectivity index (χ2v) is 6.28. The lowest BCUT2D eigenvalue weighted by Crippen LogP contribution is -2.23. The highest BCUT2D eigenvalue weighted by Crippen LogP contribution is 2.19. The van der Waals surface area contributed by atoms with Crippen molar-refractivity contribution in [2.75, 3.05) is 7.11 Å².